The van der Waals surface area contributed by atoms with Gasteiger partial charge in [-0.3, -0.25) is 9.59 Å². The maximum absolute atomic E-state index is 11.0. The Morgan fingerprint density at radius 3 is 2.20 bits per heavy atom. The van der Waals surface area contributed by atoms with Crippen molar-refractivity contribution in [1.82, 2.24) is 0 Å². The summed E-state index contributed by atoms with van der Waals surface area (Å²) in [5.41, 5.74) is 1.63. The molecule has 80 valence electrons. The minimum absolute atomic E-state index is 0.0604. The second-order valence-electron chi connectivity index (χ2n) is 3.51. The van der Waals surface area contributed by atoms with E-state index in [1.165, 1.54) is 6.92 Å². The van der Waals surface area contributed by atoms with Gasteiger partial charge in [-0.1, -0.05) is 0 Å². The van der Waals surface area contributed by atoms with Gasteiger partial charge in [0.15, 0.2) is 5.78 Å². The van der Waals surface area contributed by atoms with Crippen LogP contribution in [0.1, 0.15) is 30.6 Å². The average Bonchev–Trinajstić information content (AvgIpc) is 2.18. The zero-order valence-corrected chi connectivity index (χ0v) is 9.04. The van der Waals surface area contributed by atoms with E-state index in [-0.39, 0.29) is 11.6 Å². The first-order chi connectivity index (χ1) is 7.09. The molecule has 1 N–H and O–H groups in total. The molecule has 3 heteroatoms. The van der Waals surface area contributed by atoms with Crippen LogP contribution >= 0.6 is 0 Å². The fourth-order valence-electron chi connectivity index (χ4n) is 1.21. The van der Waals surface area contributed by atoms with Crippen LogP contribution in [0.5, 0.6) is 0 Å². The van der Waals surface area contributed by atoms with E-state index in [0.717, 1.165) is 5.69 Å². The van der Waals surface area contributed by atoms with Gasteiger partial charge in [0, 0.05) is 24.2 Å². The third-order valence-electron chi connectivity index (χ3n) is 2.10. The van der Waals surface area contributed by atoms with Gasteiger partial charge in [-0.15, -0.1) is 0 Å². The van der Waals surface area contributed by atoms with E-state index in [9.17, 15) is 9.59 Å². The molecule has 1 aromatic rings. The molecule has 0 unspecified atom stereocenters. The Balaban J connectivity index is 2.50. The van der Waals surface area contributed by atoms with Gasteiger partial charge < -0.3 is 5.32 Å². The van der Waals surface area contributed by atoms with Crippen molar-refractivity contribution in [3.05, 3.63) is 29.8 Å². The number of Topliss-reactive ketones (excluding diaryl/α,β-unsaturated/α-hetero) is 2. The van der Waals surface area contributed by atoms with Crippen LogP contribution in [0.4, 0.5) is 5.69 Å². The number of hydrogen-bond donors (Lipinski definition) is 1. The number of ketones is 2. The van der Waals surface area contributed by atoms with Crippen molar-refractivity contribution in [2.75, 3.05) is 11.9 Å². The molecule has 0 aromatic heterocycles. The number of carbonyl (C=O) groups is 2. The first-order valence-electron chi connectivity index (χ1n) is 4.94. The van der Waals surface area contributed by atoms with Crippen molar-refractivity contribution in [2.24, 2.45) is 0 Å². The first kappa shape index (κ1) is 11.4. The highest BCUT2D eigenvalue weighted by atomic mass is 16.1. The van der Waals surface area contributed by atoms with Gasteiger partial charge in [0.2, 0.25) is 0 Å². The maximum atomic E-state index is 11.0. The Morgan fingerprint density at radius 1 is 1.13 bits per heavy atom. The molecule has 0 aliphatic heterocycles. The van der Waals surface area contributed by atoms with Crippen LogP contribution in [0.2, 0.25) is 0 Å². The molecule has 0 fully saturated rings. The third-order valence-corrected chi connectivity index (χ3v) is 2.10. The standard InChI is InChI=1S/C12H15NO2/c1-9(14)7-8-13-12-5-3-11(4-6-12)10(2)15/h3-6,13H,7-8H2,1-2H3. The monoisotopic (exact) mass is 205 g/mol. The Bertz CT molecular complexity index is 354. The lowest BCUT2D eigenvalue weighted by Gasteiger charge is -2.05. The number of hydrogen-bond acceptors (Lipinski definition) is 3. The van der Waals surface area contributed by atoms with E-state index in [2.05, 4.69) is 5.32 Å². The van der Waals surface area contributed by atoms with Crippen molar-refractivity contribution in [3.63, 3.8) is 0 Å². The lowest BCUT2D eigenvalue weighted by atomic mass is 10.1. The molecular weight excluding hydrogens is 190 g/mol. The van der Waals surface area contributed by atoms with Crippen molar-refractivity contribution < 1.29 is 9.59 Å². The van der Waals surface area contributed by atoms with E-state index < -0.39 is 0 Å². The second-order valence-corrected chi connectivity index (χ2v) is 3.51. The average molecular weight is 205 g/mol. The number of rotatable bonds is 5. The SMILES string of the molecule is CC(=O)CCNc1ccc(C(C)=O)cc1. The summed E-state index contributed by atoms with van der Waals surface area (Å²) in [6.07, 6.45) is 0.522. The fourth-order valence-corrected chi connectivity index (χ4v) is 1.21. The zero-order chi connectivity index (χ0) is 11.3. The van der Waals surface area contributed by atoms with Gasteiger partial charge in [0.25, 0.3) is 0 Å². The van der Waals surface area contributed by atoms with Crippen molar-refractivity contribution in [1.29, 1.82) is 0 Å². The summed E-state index contributed by atoms with van der Waals surface area (Å²) in [6, 6.07) is 7.24. The Hall–Kier alpha value is -1.64. The van der Waals surface area contributed by atoms with E-state index >= 15 is 0 Å². The smallest absolute Gasteiger partial charge is 0.159 e. The molecule has 0 saturated carbocycles. The molecule has 0 amide bonds. The highest BCUT2D eigenvalue weighted by Gasteiger charge is 1.98. The second kappa shape index (κ2) is 5.29. The highest BCUT2D eigenvalue weighted by Crippen LogP contribution is 2.09. The van der Waals surface area contributed by atoms with Gasteiger partial charge in [0.05, 0.1) is 0 Å². The van der Waals surface area contributed by atoms with Crippen molar-refractivity contribution in [3.8, 4) is 0 Å². The van der Waals surface area contributed by atoms with E-state index in [1.54, 1.807) is 19.1 Å². The lowest BCUT2D eigenvalue weighted by Crippen LogP contribution is -2.05. The molecule has 15 heavy (non-hydrogen) atoms. The number of anilines is 1. The number of nitrogens with one attached hydrogen (secondary N) is 1. The van der Waals surface area contributed by atoms with Gasteiger partial charge >= 0.3 is 0 Å². The lowest BCUT2D eigenvalue weighted by molar-refractivity contribution is -0.116. The van der Waals surface area contributed by atoms with Crippen LogP contribution in [0, 0.1) is 0 Å². The van der Waals surface area contributed by atoms with Gasteiger partial charge in [-0.05, 0) is 38.1 Å². The van der Waals surface area contributed by atoms with Crippen LogP contribution < -0.4 is 5.32 Å². The number of benzene rings is 1. The maximum Gasteiger partial charge on any atom is 0.159 e. The molecule has 1 aromatic carbocycles. The number of carbonyl (C=O) groups excluding carboxylic acids is 2. The molecule has 0 saturated heterocycles. The zero-order valence-electron chi connectivity index (χ0n) is 9.04. The first-order valence-corrected chi connectivity index (χ1v) is 4.94. The van der Waals surface area contributed by atoms with Crippen LogP contribution in [0.25, 0.3) is 0 Å². The normalized spacial score (nSPS) is 9.73. The largest absolute Gasteiger partial charge is 0.385 e. The summed E-state index contributed by atoms with van der Waals surface area (Å²) in [5.74, 6) is 0.230. The van der Waals surface area contributed by atoms with Crippen molar-refractivity contribution >= 4 is 17.3 Å². The Labute approximate surface area is 89.5 Å². The van der Waals surface area contributed by atoms with E-state index in [1.807, 2.05) is 12.1 Å². The topological polar surface area (TPSA) is 46.2 Å². The van der Waals surface area contributed by atoms with Gasteiger partial charge in [0.1, 0.15) is 5.78 Å². The minimum Gasteiger partial charge on any atom is -0.385 e. The van der Waals surface area contributed by atoms with Crippen LogP contribution in [-0.2, 0) is 4.79 Å². The summed E-state index contributed by atoms with van der Waals surface area (Å²) >= 11 is 0. The molecule has 0 heterocycles. The molecular formula is C12H15NO2. The molecule has 0 radical (unpaired) electrons. The van der Waals surface area contributed by atoms with Gasteiger partial charge in [-0.25, -0.2) is 0 Å². The molecule has 0 aliphatic carbocycles. The fraction of sp³-hybridized carbons (Fsp3) is 0.333. The minimum atomic E-state index is 0.0604. The van der Waals surface area contributed by atoms with E-state index in [0.29, 0.717) is 18.5 Å². The summed E-state index contributed by atoms with van der Waals surface area (Å²) in [7, 11) is 0. The molecule has 0 aliphatic rings. The highest BCUT2D eigenvalue weighted by molar-refractivity contribution is 5.94. The van der Waals surface area contributed by atoms with Crippen LogP contribution in [-0.4, -0.2) is 18.1 Å². The summed E-state index contributed by atoms with van der Waals surface area (Å²) in [6.45, 7) is 3.74. The summed E-state index contributed by atoms with van der Waals surface area (Å²) in [5, 5.41) is 3.11. The molecule has 0 atom stereocenters. The predicted molar refractivity (Wildman–Crippen MR) is 60.2 cm³/mol. The molecule has 3 nitrogen and oxygen atoms in total. The molecule has 1 rings (SSSR count). The molecule has 0 spiro atoms. The predicted octanol–water partition coefficient (Wildman–Crippen LogP) is 2.28. The molecule has 0 bridgehead atoms. The summed E-state index contributed by atoms with van der Waals surface area (Å²) < 4.78 is 0. The Kier molecular flexibility index (Phi) is 4.03. The Morgan fingerprint density at radius 2 is 1.73 bits per heavy atom. The van der Waals surface area contributed by atoms with Crippen molar-refractivity contribution in [2.45, 2.75) is 20.3 Å². The van der Waals surface area contributed by atoms with Crippen LogP contribution in [0.3, 0.4) is 0 Å². The third kappa shape index (κ3) is 3.94. The summed E-state index contributed by atoms with van der Waals surface area (Å²) in [4.78, 5) is 21.7. The van der Waals surface area contributed by atoms with Gasteiger partial charge in [-0.2, -0.15) is 0 Å². The van der Waals surface area contributed by atoms with E-state index in [4.69, 9.17) is 0 Å². The van der Waals surface area contributed by atoms with Crippen LogP contribution in [0.15, 0.2) is 24.3 Å². The quantitative estimate of drug-likeness (QED) is 0.750.